The van der Waals surface area contributed by atoms with Crippen molar-refractivity contribution in [3.05, 3.63) is 39.9 Å². The molecule has 0 aliphatic rings. The van der Waals surface area contributed by atoms with Crippen LogP contribution in [0.3, 0.4) is 0 Å². The van der Waals surface area contributed by atoms with Gasteiger partial charge in [0, 0.05) is 17.7 Å². The van der Waals surface area contributed by atoms with Crippen LogP contribution >= 0.6 is 0 Å². The standard InChI is InChI=1S/C8H9NO4/c1-8(10,11)6-3-2-4-7(5-6)9(12)13/h2-5,10-11H,1H3. The molecule has 0 saturated carbocycles. The lowest BCUT2D eigenvalue weighted by Crippen LogP contribution is -2.19. The van der Waals surface area contributed by atoms with Gasteiger partial charge in [-0.05, 0) is 6.92 Å². The van der Waals surface area contributed by atoms with E-state index in [-0.39, 0.29) is 11.3 Å². The van der Waals surface area contributed by atoms with Crippen LogP contribution in [0.15, 0.2) is 24.3 Å². The molecule has 0 saturated heterocycles. The van der Waals surface area contributed by atoms with Gasteiger partial charge in [0.05, 0.1) is 4.92 Å². The predicted octanol–water partition coefficient (Wildman–Crippen LogP) is 0.752. The van der Waals surface area contributed by atoms with E-state index in [2.05, 4.69) is 0 Å². The summed E-state index contributed by atoms with van der Waals surface area (Å²) in [4.78, 5) is 9.73. The lowest BCUT2D eigenvalue weighted by Gasteiger charge is -2.15. The van der Waals surface area contributed by atoms with E-state index in [1.54, 1.807) is 0 Å². The van der Waals surface area contributed by atoms with Gasteiger partial charge in [0.2, 0.25) is 0 Å². The van der Waals surface area contributed by atoms with Crippen LogP contribution in [0.5, 0.6) is 0 Å². The minimum absolute atomic E-state index is 0.0988. The van der Waals surface area contributed by atoms with Crippen molar-refractivity contribution in [3.63, 3.8) is 0 Å². The summed E-state index contributed by atoms with van der Waals surface area (Å²) >= 11 is 0. The van der Waals surface area contributed by atoms with Crippen LogP contribution in [0, 0.1) is 10.1 Å². The number of rotatable bonds is 2. The van der Waals surface area contributed by atoms with Crippen LogP contribution in [0.2, 0.25) is 0 Å². The SMILES string of the molecule is CC(O)(O)c1cccc([N+](=O)[O-])c1. The highest BCUT2D eigenvalue weighted by molar-refractivity contribution is 5.35. The lowest BCUT2D eigenvalue weighted by molar-refractivity contribution is -0.385. The van der Waals surface area contributed by atoms with Crippen molar-refractivity contribution in [2.24, 2.45) is 0 Å². The van der Waals surface area contributed by atoms with E-state index < -0.39 is 10.7 Å². The molecule has 5 heteroatoms. The van der Waals surface area contributed by atoms with Crippen LogP contribution in [0.1, 0.15) is 12.5 Å². The second-order valence-corrected chi connectivity index (χ2v) is 2.83. The molecule has 0 bridgehead atoms. The third-order valence-electron chi connectivity index (χ3n) is 1.60. The molecule has 2 N–H and O–H groups in total. The zero-order valence-corrected chi connectivity index (χ0v) is 6.97. The van der Waals surface area contributed by atoms with Crippen LogP contribution in [-0.4, -0.2) is 15.1 Å². The monoisotopic (exact) mass is 183 g/mol. The fourth-order valence-electron chi connectivity index (χ4n) is 0.914. The quantitative estimate of drug-likeness (QED) is 0.402. The highest BCUT2D eigenvalue weighted by Gasteiger charge is 2.20. The van der Waals surface area contributed by atoms with Crippen molar-refractivity contribution in [3.8, 4) is 0 Å². The molecule has 0 aliphatic heterocycles. The maximum absolute atomic E-state index is 10.3. The topological polar surface area (TPSA) is 83.6 Å². The Bertz CT molecular complexity index is 329. The molecule has 0 heterocycles. The van der Waals surface area contributed by atoms with Gasteiger partial charge >= 0.3 is 0 Å². The molecule has 0 unspecified atom stereocenters. The van der Waals surface area contributed by atoms with Gasteiger partial charge in [-0.15, -0.1) is 0 Å². The summed E-state index contributed by atoms with van der Waals surface area (Å²) in [6.07, 6.45) is 0. The van der Waals surface area contributed by atoms with Crippen LogP contribution in [0.25, 0.3) is 0 Å². The highest BCUT2D eigenvalue weighted by Crippen LogP contribution is 2.21. The van der Waals surface area contributed by atoms with Gasteiger partial charge in [-0.1, -0.05) is 12.1 Å². The molecule has 0 fully saturated rings. The van der Waals surface area contributed by atoms with Crippen molar-refractivity contribution < 1.29 is 15.1 Å². The lowest BCUT2D eigenvalue weighted by atomic mass is 10.1. The molecule has 0 aliphatic carbocycles. The summed E-state index contributed by atoms with van der Waals surface area (Å²) in [6, 6.07) is 5.22. The van der Waals surface area contributed by atoms with Crippen molar-refractivity contribution in [2.45, 2.75) is 12.7 Å². The van der Waals surface area contributed by atoms with Crippen molar-refractivity contribution in [1.29, 1.82) is 0 Å². The highest BCUT2D eigenvalue weighted by atomic mass is 16.6. The molecule has 1 aromatic carbocycles. The molecular weight excluding hydrogens is 174 g/mol. The zero-order valence-electron chi connectivity index (χ0n) is 6.97. The maximum atomic E-state index is 10.3. The third-order valence-corrected chi connectivity index (χ3v) is 1.60. The van der Waals surface area contributed by atoms with Crippen LogP contribution < -0.4 is 0 Å². The zero-order chi connectivity index (χ0) is 10.1. The molecule has 0 radical (unpaired) electrons. The minimum atomic E-state index is -2.04. The first-order chi connectivity index (χ1) is 5.91. The first-order valence-electron chi connectivity index (χ1n) is 3.61. The Labute approximate surface area is 74.4 Å². The minimum Gasteiger partial charge on any atom is -0.362 e. The number of benzene rings is 1. The Morgan fingerprint density at radius 2 is 2.08 bits per heavy atom. The molecule has 0 spiro atoms. The van der Waals surface area contributed by atoms with Crippen LogP contribution in [0.4, 0.5) is 5.69 Å². The average Bonchev–Trinajstić information content (AvgIpc) is 2.03. The van der Waals surface area contributed by atoms with Gasteiger partial charge in [0.15, 0.2) is 5.79 Å². The Morgan fingerprint density at radius 3 is 2.54 bits per heavy atom. The number of hydrogen-bond donors (Lipinski definition) is 2. The van der Waals surface area contributed by atoms with Gasteiger partial charge in [0.1, 0.15) is 0 Å². The Balaban J connectivity index is 3.13. The fraction of sp³-hybridized carbons (Fsp3) is 0.250. The van der Waals surface area contributed by atoms with E-state index in [0.717, 1.165) is 13.0 Å². The summed E-state index contributed by atoms with van der Waals surface area (Å²) in [7, 11) is 0. The van der Waals surface area contributed by atoms with E-state index in [0.29, 0.717) is 0 Å². The van der Waals surface area contributed by atoms with Crippen molar-refractivity contribution >= 4 is 5.69 Å². The van der Waals surface area contributed by atoms with Gasteiger partial charge in [-0.2, -0.15) is 0 Å². The third kappa shape index (κ3) is 2.24. The number of nitrogens with zero attached hydrogens (tertiary/aromatic N) is 1. The molecule has 0 aromatic heterocycles. The summed E-state index contributed by atoms with van der Waals surface area (Å²) < 4.78 is 0. The second-order valence-electron chi connectivity index (χ2n) is 2.83. The van der Waals surface area contributed by atoms with Crippen molar-refractivity contribution in [2.75, 3.05) is 0 Å². The number of nitro groups is 1. The average molecular weight is 183 g/mol. The van der Waals surface area contributed by atoms with Crippen LogP contribution in [-0.2, 0) is 5.79 Å². The molecular formula is C8H9NO4. The largest absolute Gasteiger partial charge is 0.362 e. The molecule has 1 aromatic rings. The Morgan fingerprint density at radius 1 is 1.46 bits per heavy atom. The van der Waals surface area contributed by atoms with E-state index in [9.17, 15) is 10.1 Å². The Hall–Kier alpha value is -1.46. The molecule has 70 valence electrons. The number of non-ortho nitro benzene ring substituents is 1. The van der Waals surface area contributed by atoms with E-state index in [4.69, 9.17) is 10.2 Å². The first-order valence-corrected chi connectivity index (χ1v) is 3.61. The van der Waals surface area contributed by atoms with Gasteiger partial charge in [-0.25, -0.2) is 0 Å². The summed E-state index contributed by atoms with van der Waals surface area (Å²) in [6.45, 7) is 1.14. The smallest absolute Gasteiger partial charge is 0.269 e. The molecule has 13 heavy (non-hydrogen) atoms. The van der Waals surface area contributed by atoms with Gasteiger partial charge < -0.3 is 10.2 Å². The number of aliphatic hydroxyl groups is 2. The fourth-order valence-corrected chi connectivity index (χ4v) is 0.914. The van der Waals surface area contributed by atoms with Crippen molar-refractivity contribution in [1.82, 2.24) is 0 Å². The molecule has 5 nitrogen and oxygen atoms in total. The van der Waals surface area contributed by atoms with Gasteiger partial charge in [-0.3, -0.25) is 10.1 Å². The molecule has 1 rings (SSSR count). The molecule has 0 atom stereocenters. The number of hydrogen-bond acceptors (Lipinski definition) is 4. The Kier molecular flexibility index (Phi) is 2.31. The second kappa shape index (κ2) is 3.12. The predicted molar refractivity (Wildman–Crippen MR) is 44.9 cm³/mol. The van der Waals surface area contributed by atoms with E-state index in [1.807, 2.05) is 0 Å². The maximum Gasteiger partial charge on any atom is 0.269 e. The summed E-state index contributed by atoms with van der Waals surface area (Å²) in [5.41, 5.74) is -0.0616. The summed E-state index contributed by atoms with van der Waals surface area (Å²) in [5, 5.41) is 28.6. The number of nitro benzene ring substituents is 1. The molecule has 0 amide bonds. The first kappa shape index (κ1) is 9.63. The van der Waals surface area contributed by atoms with E-state index >= 15 is 0 Å². The van der Waals surface area contributed by atoms with E-state index in [1.165, 1.54) is 18.2 Å². The summed E-state index contributed by atoms with van der Waals surface area (Å²) in [5.74, 6) is -2.04. The normalized spacial score (nSPS) is 11.3. The van der Waals surface area contributed by atoms with Gasteiger partial charge in [0.25, 0.3) is 5.69 Å².